The van der Waals surface area contributed by atoms with Crippen molar-refractivity contribution < 1.29 is 17.9 Å². The van der Waals surface area contributed by atoms with Gasteiger partial charge in [0.2, 0.25) is 0 Å². The lowest BCUT2D eigenvalue weighted by molar-refractivity contribution is -0.137. The lowest BCUT2D eigenvalue weighted by Gasteiger charge is -2.30. The highest BCUT2D eigenvalue weighted by Crippen LogP contribution is 2.38. The molecule has 2 saturated heterocycles. The van der Waals surface area contributed by atoms with Crippen molar-refractivity contribution in [3.05, 3.63) is 29.3 Å². The van der Waals surface area contributed by atoms with Crippen molar-refractivity contribution in [3.63, 3.8) is 0 Å². The Bertz CT molecular complexity index is 472. The largest absolute Gasteiger partial charge is 0.416 e. The van der Waals surface area contributed by atoms with Crippen LogP contribution in [0.4, 0.5) is 18.9 Å². The number of benzene rings is 1. The second-order valence-electron chi connectivity index (χ2n) is 5.00. The number of fused-ring (bicyclic) bond motifs is 2. The minimum atomic E-state index is -4.28. The third kappa shape index (κ3) is 1.86. The second-order valence-corrected chi connectivity index (χ2v) is 5.00. The third-order valence-electron chi connectivity index (χ3n) is 3.75. The fourth-order valence-electron chi connectivity index (χ4n) is 2.79. The van der Waals surface area contributed by atoms with E-state index in [9.17, 15) is 13.2 Å². The van der Waals surface area contributed by atoms with Crippen molar-refractivity contribution in [2.45, 2.75) is 31.7 Å². The van der Waals surface area contributed by atoms with Gasteiger partial charge in [0.1, 0.15) is 0 Å². The molecule has 2 atom stereocenters. The Morgan fingerprint density at radius 2 is 2.11 bits per heavy atom. The topological polar surface area (TPSA) is 12.5 Å². The maximum absolute atomic E-state index is 12.7. The lowest BCUT2D eigenvalue weighted by Crippen LogP contribution is -2.37. The van der Waals surface area contributed by atoms with Crippen LogP contribution >= 0.6 is 0 Å². The van der Waals surface area contributed by atoms with Gasteiger partial charge in [-0.05, 0) is 31.0 Å². The van der Waals surface area contributed by atoms with Gasteiger partial charge in [0.15, 0.2) is 0 Å². The first-order valence-electron chi connectivity index (χ1n) is 6.01. The summed E-state index contributed by atoms with van der Waals surface area (Å²) < 4.78 is 43.7. The highest BCUT2D eigenvalue weighted by Gasteiger charge is 2.40. The van der Waals surface area contributed by atoms with Crippen LogP contribution in [0.25, 0.3) is 0 Å². The van der Waals surface area contributed by atoms with Gasteiger partial charge in [-0.1, -0.05) is 6.07 Å². The van der Waals surface area contributed by atoms with Crippen molar-refractivity contribution in [1.29, 1.82) is 0 Å². The molecular weight excluding hydrogens is 243 g/mol. The Kier molecular flexibility index (Phi) is 2.55. The molecule has 0 aromatic heterocycles. The molecule has 0 radical (unpaired) electrons. The molecule has 0 spiro atoms. The minimum absolute atomic E-state index is 0.184. The summed E-state index contributed by atoms with van der Waals surface area (Å²) >= 11 is 0. The molecule has 2 nitrogen and oxygen atoms in total. The van der Waals surface area contributed by atoms with Crippen LogP contribution in [0.1, 0.15) is 17.5 Å². The van der Waals surface area contributed by atoms with Crippen LogP contribution in [0.2, 0.25) is 0 Å². The number of aryl methyl sites for hydroxylation is 1. The highest BCUT2D eigenvalue weighted by atomic mass is 19.4. The van der Waals surface area contributed by atoms with Crippen molar-refractivity contribution in [1.82, 2.24) is 0 Å². The molecule has 0 aliphatic carbocycles. The van der Waals surface area contributed by atoms with Crippen molar-refractivity contribution in [3.8, 4) is 0 Å². The van der Waals surface area contributed by atoms with Crippen molar-refractivity contribution in [2.24, 2.45) is 0 Å². The number of alkyl halides is 3. The first kappa shape index (κ1) is 11.8. The van der Waals surface area contributed by atoms with Crippen molar-refractivity contribution in [2.75, 3.05) is 18.1 Å². The average molecular weight is 257 g/mol. The number of ether oxygens (including phenoxy) is 1. The first-order chi connectivity index (χ1) is 8.45. The SMILES string of the molecule is Cc1ccc(C(F)(F)F)cc1N1C[C@@H]2C[C@H]1CO2. The average Bonchev–Trinajstić information content (AvgIpc) is 2.89. The second kappa shape index (κ2) is 3.88. The molecule has 2 aliphatic heterocycles. The summed E-state index contributed by atoms with van der Waals surface area (Å²) in [7, 11) is 0. The quantitative estimate of drug-likeness (QED) is 0.767. The van der Waals surface area contributed by atoms with Gasteiger partial charge in [0.25, 0.3) is 0 Å². The van der Waals surface area contributed by atoms with Gasteiger partial charge in [-0.25, -0.2) is 0 Å². The first-order valence-corrected chi connectivity index (χ1v) is 6.01. The van der Waals surface area contributed by atoms with E-state index in [1.54, 1.807) is 6.07 Å². The van der Waals surface area contributed by atoms with Crippen LogP contribution in [0.5, 0.6) is 0 Å². The third-order valence-corrected chi connectivity index (χ3v) is 3.75. The summed E-state index contributed by atoms with van der Waals surface area (Å²) in [5, 5.41) is 0. The number of morpholine rings is 1. The van der Waals surface area contributed by atoms with Gasteiger partial charge in [-0.2, -0.15) is 13.2 Å². The summed E-state index contributed by atoms with van der Waals surface area (Å²) in [4.78, 5) is 2.05. The van der Waals surface area contributed by atoms with Gasteiger partial charge < -0.3 is 9.64 Å². The normalized spacial score (nSPS) is 27.0. The zero-order valence-corrected chi connectivity index (χ0v) is 10.00. The van der Waals surface area contributed by atoms with E-state index in [2.05, 4.69) is 4.90 Å². The Morgan fingerprint density at radius 3 is 2.67 bits per heavy atom. The zero-order valence-electron chi connectivity index (χ0n) is 10.00. The van der Waals surface area contributed by atoms with Gasteiger partial charge in [-0.3, -0.25) is 0 Å². The van der Waals surface area contributed by atoms with Gasteiger partial charge in [-0.15, -0.1) is 0 Å². The predicted octanol–water partition coefficient (Wildman–Crippen LogP) is 2.99. The maximum Gasteiger partial charge on any atom is 0.416 e. The fourth-order valence-corrected chi connectivity index (χ4v) is 2.79. The molecule has 2 bridgehead atoms. The van der Waals surface area contributed by atoms with Crippen LogP contribution in [-0.2, 0) is 10.9 Å². The molecule has 3 rings (SSSR count). The van der Waals surface area contributed by atoms with Crippen LogP contribution in [-0.4, -0.2) is 25.3 Å². The smallest absolute Gasteiger partial charge is 0.374 e. The van der Waals surface area contributed by atoms with E-state index < -0.39 is 11.7 Å². The van der Waals surface area contributed by atoms with Crippen LogP contribution in [0.3, 0.4) is 0 Å². The molecule has 0 amide bonds. The van der Waals surface area contributed by atoms with Gasteiger partial charge >= 0.3 is 6.18 Å². The number of anilines is 1. The van der Waals surface area contributed by atoms with E-state index in [4.69, 9.17) is 4.74 Å². The van der Waals surface area contributed by atoms with Gasteiger partial charge in [0, 0.05) is 12.2 Å². The van der Waals surface area contributed by atoms with E-state index in [1.165, 1.54) is 6.07 Å². The number of halogens is 3. The minimum Gasteiger partial charge on any atom is -0.374 e. The Balaban J connectivity index is 1.96. The molecule has 18 heavy (non-hydrogen) atoms. The van der Waals surface area contributed by atoms with E-state index in [0.29, 0.717) is 18.8 Å². The Labute approximate surface area is 103 Å². The number of rotatable bonds is 1. The predicted molar refractivity (Wildman–Crippen MR) is 61.7 cm³/mol. The molecule has 0 N–H and O–H groups in total. The molecule has 2 heterocycles. The van der Waals surface area contributed by atoms with Crippen molar-refractivity contribution >= 4 is 5.69 Å². The molecule has 1 aromatic carbocycles. The molecule has 0 saturated carbocycles. The molecule has 2 aliphatic rings. The van der Waals surface area contributed by atoms with Gasteiger partial charge in [0.05, 0.1) is 24.3 Å². The van der Waals surface area contributed by atoms with Crippen LogP contribution in [0.15, 0.2) is 18.2 Å². The van der Waals surface area contributed by atoms with Crippen LogP contribution in [0, 0.1) is 6.92 Å². The number of nitrogens with zero attached hydrogens (tertiary/aromatic N) is 1. The molecule has 0 unspecified atom stereocenters. The maximum atomic E-state index is 12.7. The zero-order chi connectivity index (χ0) is 12.9. The van der Waals surface area contributed by atoms with E-state index in [-0.39, 0.29) is 12.1 Å². The number of hydrogen-bond acceptors (Lipinski definition) is 2. The van der Waals surface area contributed by atoms with E-state index >= 15 is 0 Å². The molecular formula is C13H14F3NO. The molecule has 2 fully saturated rings. The summed E-state index contributed by atoms with van der Waals surface area (Å²) in [6, 6.07) is 4.18. The molecule has 5 heteroatoms. The molecule has 98 valence electrons. The standard InChI is InChI=1S/C13H14F3NO/c1-8-2-3-9(13(14,15)16)4-12(8)17-6-11-5-10(17)7-18-11/h2-4,10-11H,5-7H2,1H3/t10-,11-/m0/s1. The lowest BCUT2D eigenvalue weighted by atomic mass is 10.1. The summed E-state index contributed by atoms with van der Waals surface area (Å²) in [5.74, 6) is 0. The number of hydrogen-bond donors (Lipinski definition) is 0. The monoisotopic (exact) mass is 257 g/mol. The summed E-state index contributed by atoms with van der Waals surface area (Å²) in [6.45, 7) is 3.18. The summed E-state index contributed by atoms with van der Waals surface area (Å²) in [5.41, 5.74) is 1.00. The highest BCUT2D eigenvalue weighted by molar-refractivity contribution is 5.57. The Morgan fingerprint density at radius 1 is 1.33 bits per heavy atom. The Hall–Kier alpha value is -1.23. The van der Waals surface area contributed by atoms with E-state index in [1.807, 2.05) is 6.92 Å². The molecule has 1 aromatic rings. The fraction of sp³-hybridized carbons (Fsp3) is 0.538. The van der Waals surface area contributed by atoms with Crippen LogP contribution < -0.4 is 4.90 Å². The summed E-state index contributed by atoms with van der Waals surface area (Å²) in [6.07, 6.45) is -3.17. The van der Waals surface area contributed by atoms with E-state index in [0.717, 1.165) is 18.1 Å².